The average molecular weight is 310 g/mol. The summed E-state index contributed by atoms with van der Waals surface area (Å²) >= 11 is 5.82. The quantitative estimate of drug-likeness (QED) is 0.841. The highest BCUT2D eigenvalue weighted by molar-refractivity contribution is 6.30. The minimum Gasteiger partial charge on any atom is -0.319 e. The predicted octanol–water partition coefficient (Wildman–Crippen LogP) is 4.24. The fourth-order valence-electron chi connectivity index (χ4n) is 2.48. The monoisotopic (exact) mass is 309 g/mol. The van der Waals surface area contributed by atoms with Gasteiger partial charge in [-0.1, -0.05) is 35.9 Å². The van der Waals surface area contributed by atoms with Gasteiger partial charge in [-0.2, -0.15) is 0 Å². The van der Waals surface area contributed by atoms with E-state index >= 15 is 0 Å². The van der Waals surface area contributed by atoms with Crippen LogP contribution < -0.4 is 5.32 Å². The minimum absolute atomic E-state index is 0.150. The molecule has 2 rings (SSSR count). The van der Waals surface area contributed by atoms with Crippen molar-refractivity contribution in [1.29, 1.82) is 0 Å². The third-order valence-electron chi connectivity index (χ3n) is 3.47. The molecule has 0 amide bonds. The third kappa shape index (κ3) is 4.51. The van der Waals surface area contributed by atoms with Crippen LogP contribution in [0, 0.1) is 17.6 Å². The maximum absolute atomic E-state index is 14.0. The molecule has 0 heterocycles. The summed E-state index contributed by atoms with van der Waals surface area (Å²) in [6, 6.07) is 11.5. The van der Waals surface area contributed by atoms with Gasteiger partial charge in [0, 0.05) is 0 Å². The zero-order chi connectivity index (χ0) is 15.2. The second kappa shape index (κ2) is 7.53. The lowest BCUT2D eigenvalue weighted by molar-refractivity contribution is 0.479. The molecular weight excluding hydrogens is 292 g/mol. The topological polar surface area (TPSA) is 12.0 Å². The number of nitrogens with one attached hydrogen (secondary N) is 1. The molecule has 2 aromatic carbocycles. The standard InChI is InChI=1S/C17H18ClF2N/c1-21-11-13(9-12-5-7-15(19)8-6-12)10-14-3-2-4-16(18)17(14)20/h2-8,13,21H,9-11H2,1H3. The van der Waals surface area contributed by atoms with E-state index in [2.05, 4.69) is 5.32 Å². The molecule has 21 heavy (non-hydrogen) atoms. The Balaban J connectivity index is 2.11. The van der Waals surface area contributed by atoms with Gasteiger partial charge in [-0.3, -0.25) is 0 Å². The lowest BCUT2D eigenvalue weighted by atomic mass is 9.92. The first kappa shape index (κ1) is 15.9. The van der Waals surface area contributed by atoms with Crippen LogP contribution in [0.25, 0.3) is 0 Å². The summed E-state index contributed by atoms with van der Waals surface area (Å²) in [5.41, 5.74) is 1.66. The van der Waals surface area contributed by atoms with Crippen LogP contribution >= 0.6 is 11.6 Å². The Morgan fingerprint density at radius 2 is 1.76 bits per heavy atom. The fraction of sp³-hybridized carbons (Fsp3) is 0.294. The van der Waals surface area contributed by atoms with E-state index < -0.39 is 0 Å². The second-order valence-electron chi connectivity index (χ2n) is 5.17. The molecule has 4 heteroatoms. The zero-order valence-electron chi connectivity index (χ0n) is 11.9. The van der Waals surface area contributed by atoms with Crippen LogP contribution in [0.1, 0.15) is 11.1 Å². The van der Waals surface area contributed by atoms with Crippen LogP contribution in [0.5, 0.6) is 0 Å². The Morgan fingerprint density at radius 3 is 2.43 bits per heavy atom. The Kier molecular flexibility index (Phi) is 5.71. The van der Waals surface area contributed by atoms with Crippen molar-refractivity contribution in [3.05, 3.63) is 70.2 Å². The van der Waals surface area contributed by atoms with E-state index in [1.54, 1.807) is 30.3 Å². The Labute approximate surface area is 128 Å². The molecule has 112 valence electrons. The number of hydrogen-bond donors (Lipinski definition) is 1. The van der Waals surface area contributed by atoms with Crippen molar-refractivity contribution in [2.24, 2.45) is 5.92 Å². The molecule has 0 fully saturated rings. The van der Waals surface area contributed by atoms with Crippen LogP contribution in [0.2, 0.25) is 5.02 Å². The first-order chi connectivity index (χ1) is 10.1. The summed E-state index contributed by atoms with van der Waals surface area (Å²) in [5.74, 6) is -0.377. The Hall–Kier alpha value is -1.45. The highest BCUT2D eigenvalue weighted by Crippen LogP contribution is 2.22. The maximum atomic E-state index is 14.0. The van der Waals surface area contributed by atoms with Crippen molar-refractivity contribution in [3.63, 3.8) is 0 Å². The van der Waals surface area contributed by atoms with Gasteiger partial charge in [0.05, 0.1) is 5.02 Å². The van der Waals surface area contributed by atoms with Crippen molar-refractivity contribution < 1.29 is 8.78 Å². The van der Waals surface area contributed by atoms with E-state index in [-0.39, 0.29) is 22.6 Å². The van der Waals surface area contributed by atoms with Gasteiger partial charge in [0.1, 0.15) is 11.6 Å². The smallest absolute Gasteiger partial charge is 0.144 e. The number of hydrogen-bond acceptors (Lipinski definition) is 1. The summed E-state index contributed by atoms with van der Waals surface area (Å²) in [6.45, 7) is 0.753. The lowest BCUT2D eigenvalue weighted by Crippen LogP contribution is -2.23. The summed E-state index contributed by atoms with van der Waals surface area (Å²) < 4.78 is 26.9. The number of halogens is 3. The predicted molar refractivity (Wildman–Crippen MR) is 82.6 cm³/mol. The van der Waals surface area contributed by atoms with E-state index in [1.165, 1.54) is 12.1 Å². The van der Waals surface area contributed by atoms with Gasteiger partial charge < -0.3 is 5.32 Å². The molecule has 0 aliphatic heterocycles. The molecule has 2 aromatic rings. The summed E-state index contributed by atoms with van der Waals surface area (Å²) in [6.07, 6.45) is 1.34. The molecule has 0 saturated heterocycles. The minimum atomic E-state index is -0.348. The van der Waals surface area contributed by atoms with Crippen molar-refractivity contribution in [3.8, 4) is 0 Å². The molecule has 1 nitrogen and oxygen atoms in total. The molecule has 0 radical (unpaired) electrons. The van der Waals surface area contributed by atoms with Gasteiger partial charge in [-0.15, -0.1) is 0 Å². The van der Waals surface area contributed by atoms with E-state index in [1.807, 2.05) is 7.05 Å². The Bertz CT molecular complexity index is 584. The highest BCUT2D eigenvalue weighted by atomic mass is 35.5. The highest BCUT2D eigenvalue weighted by Gasteiger charge is 2.14. The van der Waals surface area contributed by atoms with Gasteiger partial charge in [-0.25, -0.2) is 8.78 Å². The molecule has 1 N–H and O–H groups in total. The van der Waals surface area contributed by atoms with Crippen molar-refractivity contribution >= 4 is 11.6 Å². The third-order valence-corrected chi connectivity index (χ3v) is 3.76. The van der Waals surface area contributed by atoms with Crippen LogP contribution in [0.4, 0.5) is 8.78 Å². The molecule has 0 saturated carbocycles. The molecule has 1 unspecified atom stereocenters. The van der Waals surface area contributed by atoms with Crippen molar-refractivity contribution in [2.75, 3.05) is 13.6 Å². The summed E-state index contributed by atoms with van der Waals surface area (Å²) in [7, 11) is 1.87. The fourth-order valence-corrected chi connectivity index (χ4v) is 2.67. The molecule has 0 spiro atoms. The molecule has 0 aliphatic carbocycles. The molecule has 1 atom stereocenters. The van der Waals surface area contributed by atoms with E-state index in [0.717, 1.165) is 18.5 Å². The van der Waals surface area contributed by atoms with Crippen LogP contribution in [-0.2, 0) is 12.8 Å². The number of benzene rings is 2. The first-order valence-corrected chi connectivity index (χ1v) is 7.30. The van der Waals surface area contributed by atoms with Gasteiger partial charge in [0.25, 0.3) is 0 Å². The summed E-state index contributed by atoms with van der Waals surface area (Å²) in [5, 5.41) is 3.27. The van der Waals surface area contributed by atoms with Crippen LogP contribution in [-0.4, -0.2) is 13.6 Å². The van der Waals surface area contributed by atoms with E-state index in [9.17, 15) is 8.78 Å². The zero-order valence-corrected chi connectivity index (χ0v) is 12.6. The molecule has 0 aromatic heterocycles. The van der Waals surface area contributed by atoms with Crippen LogP contribution in [0.3, 0.4) is 0 Å². The largest absolute Gasteiger partial charge is 0.319 e. The van der Waals surface area contributed by atoms with E-state index in [0.29, 0.717) is 12.0 Å². The van der Waals surface area contributed by atoms with Crippen molar-refractivity contribution in [2.45, 2.75) is 12.8 Å². The molecular formula is C17H18ClF2N. The summed E-state index contributed by atoms with van der Waals surface area (Å²) in [4.78, 5) is 0. The lowest BCUT2D eigenvalue weighted by Gasteiger charge is -2.17. The SMILES string of the molecule is CNCC(Cc1ccc(F)cc1)Cc1cccc(Cl)c1F. The maximum Gasteiger partial charge on any atom is 0.144 e. The van der Waals surface area contributed by atoms with Gasteiger partial charge in [0.15, 0.2) is 0 Å². The second-order valence-corrected chi connectivity index (χ2v) is 5.58. The van der Waals surface area contributed by atoms with E-state index in [4.69, 9.17) is 11.6 Å². The van der Waals surface area contributed by atoms with Crippen LogP contribution in [0.15, 0.2) is 42.5 Å². The average Bonchev–Trinajstić information content (AvgIpc) is 2.46. The Morgan fingerprint density at radius 1 is 1.05 bits per heavy atom. The number of rotatable bonds is 6. The van der Waals surface area contributed by atoms with Crippen molar-refractivity contribution in [1.82, 2.24) is 5.32 Å². The first-order valence-electron chi connectivity index (χ1n) is 6.92. The van der Waals surface area contributed by atoms with Gasteiger partial charge >= 0.3 is 0 Å². The normalized spacial score (nSPS) is 12.4. The van der Waals surface area contributed by atoms with Gasteiger partial charge in [0.2, 0.25) is 0 Å². The molecule has 0 bridgehead atoms. The van der Waals surface area contributed by atoms with Gasteiger partial charge in [-0.05, 0) is 61.7 Å². The molecule has 0 aliphatic rings.